The minimum atomic E-state index is -0.393. The van der Waals surface area contributed by atoms with Gasteiger partial charge < -0.3 is 15.4 Å². The van der Waals surface area contributed by atoms with Gasteiger partial charge in [-0.25, -0.2) is 4.79 Å². The highest BCUT2D eigenvalue weighted by molar-refractivity contribution is 7.17. The van der Waals surface area contributed by atoms with Gasteiger partial charge in [-0.15, -0.1) is 11.3 Å². The first kappa shape index (κ1) is 17.9. The Labute approximate surface area is 141 Å². The van der Waals surface area contributed by atoms with E-state index < -0.39 is 5.97 Å². The molecule has 0 bridgehead atoms. The summed E-state index contributed by atoms with van der Waals surface area (Å²) in [5.74, 6) is -0.643. The van der Waals surface area contributed by atoms with Gasteiger partial charge in [0.05, 0.1) is 12.7 Å². The molecule has 0 spiro atoms. The lowest BCUT2D eigenvalue weighted by Crippen LogP contribution is -2.55. The van der Waals surface area contributed by atoms with E-state index in [1.165, 1.54) is 18.4 Å². The number of thiophene rings is 1. The summed E-state index contributed by atoms with van der Waals surface area (Å²) in [4.78, 5) is 25.5. The molecular formula is C17H26N2O3S. The second-order valence-corrected chi connectivity index (χ2v) is 8.58. The Morgan fingerprint density at radius 1 is 1.26 bits per heavy atom. The van der Waals surface area contributed by atoms with Crippen molar-refractivity contribution in [3.8, 4) is 0 Å². The Hall–Kier alpha value is -1.40. The first-order chi connectivity index (χ1) is 10.5. The van der Waals surface area contributed by atoms with E-state index in [4.69, 9.17) is 4.74 Å². The van der Waals surface area contributed by atoms with Crippen molar-refractivity contribution < 1.29 is 14.3 Å². The zero-order valence-electron chi connectivity index (χ0n) is 14.9. The molecule has 1 aliphatic rings. The average Bonchev–Trinajstić information content (AvgIpc) is 2.74. The highest BCUT2D eigenvalue weighted by atomic mass is 32.1. The molecule has 0 atom stereocenters. The monoisotopic (exact) mass is 338 g/mol. The Morgan fingerprint density at radius 2 is 1.87 bits per heavy atom. The molecule has 6 heteroatoms. The van der Waals surface area contributed by atoms with Gasteiger partial charge in [0.15, 0.2) is 0 Å². The number of hydrogen-bond acceptors (Lipinski definition) is 5. The van der Waals surface area contributed by atoms with Crippen LogP contribution in [0, 0.1) is 5.92 Å². The van der Waals surface area contributed by atoms with Crippen molar-refractivity contribution in [2.24, 2.45) is 5.92 Å². The van der Waals surface area contributed by atoms with Crippen molar-refractivity contribution in [2.45, 2.75) is 59.0 Å². The molecule has 0 unspecified atom stereocenters. The average molecular weight is 338 g/mol. The van der Waals surface area contributed by atoms with Crippen LogP contribution in [-0.4, -0.2) is 24.5 Å². The summed E-state index contributed by atoms with van der Waals surface area (Å²) >= 11 is 1.46. The minimum absolute atomic E-state index is 0.0984. The van der Waals surface area contributed by atoms with Crippen LogP contribution < -0.4 is 10.6 Å². The fourth-order valence-corrected chi connectivity index (χ4v) is 4.46. The Balaban J connectivity index is 2.60. The smallest absolute Gasteiger partial charge is 0.341 e. The van der Waals surface area contributed by atoms with Gasteiger partial charge in [-0.3, -0.25) is 4.79 Å². The van der Waals surface area contributed by atoms with Gasteiger partial charge in [0, 0.05) is 21.9 Å². The van der Waals surface area contributed by atoms with Crippen LogP contribution in [0.1, 0.15) is 62.3 Å². The molecule has 1 aliphatic heterocycles. The molecule has 5 nitrogen and oxygen atoms in total. The normalized spacial score (nSPS) is 18.4. The Bertz CT molecular complexity index is 645. The molecule has 1 aromatic rings. The van der Waals surface area contributed by atoms with Crippen molar-refractivity contribution >= 4 is 28.2 Å². The topological polar surface area (TPSA) is 67.4 Å². The summed E-state index contributed by atoms with van der Waals surface area (Å²) in [6.45, 7) is 12.1. The fourth-order valence-electron chi connectivity index (χ4n) is 3.19. The number of anilines is 1. The summed E-state index contributed by atoms with van der Waals surface area (Å²) in [6.07, 6.45) is 0.713. The highest BCUT2D eigenvalue weighted by Crippen LogP contribution is 2.45. The van der Waals surface area contributed by atoms with E-state index in [0.29, 0.717) is 17.0 Å². The van der Waals surface area contributed by atoms with Gasteiger partial charge in [-0.2, -0.15) is 0 Å². The molecule has 1 amide bonds. The van der Waals surface area contributed by atoms with E-state index in [1.807, 2.05) is 13.8 Å². The molecule has 2 rings (SSSR count). The van der Waals surface area contributed by atoms with E-state index in [-0.39, 0.29) is 22.9 Å². The summed E-state index contributed by atoms with van der Waals surface area (Å²) < 4.78 is 4.98. The Kier molecular flexibility index (Phi) is 4.61. The van der Waals surface area contributed by atoms with Crippen LogP contribution in [0.3, 0.4) is 0 Å². The maximum Gasteiger partial charge on any atom is 0.341 e. The van der Waals surface area contributed by atoms with E-state index in [2.05, 4.69) is 38.3 Å². The summed E-state index contributed by atoms with van der Waals surface area (Å²) in [5.41, 5.74) is 1.07. The number of carbonyl (C=O) groups is 2. The second-order valence-electron chi connectivity index (χ2n) is 7.56. The third-order valence-electron chi connectivity index (χ3n) is 3.99. The standard InChI is InChI=1S/C17H26N2O3S/c1-9(2)13(20)18-14-11(15(21)22-7)10-8-16(3,4)19-17(5,6)12(10)23-14/h9,19H,8H2,1-7H3,(H,18,20). The van der Waals surface area contributed by atoms with Gasteiger partial charge >= 0.3 is 5.97 Å². The van der Waals surface area contributed by atoms with Crippen LogP contribution in [-0.2, 0) is 21.5 Å². The number of fused-ring (bicyclic) bond motifs is 1. The third kappa shape index (κ3) is 3.43. The number of carbonyl (C=O) groups excluding carboxylic acids is 2. The first-order valence-corrected chi connectivity index (χ1v) is 8.65. The lowest BCUT2D eigenvalue weighted by atomic mass is 9.81. The third-order valence-corrected chi connectivity index (χ3v) is 5.47. The second kappa shape index (κ2) is 5.91. The van der Waals surface area contributed by atoms with Gasteiger partial charge in [0.1, 0.15) is 5.00 Å². The SMILES string of the molecule is COC(=O)c1c(NC(=O)C(C)C)sc2c1CC(C)(C)NC2(C)C. The molecule has 23 heavy (non-hydrogen) atoms. The number of amides is 1. The largest absolute Gasteiger partial charge is 0.465 e. The number of rotatable bonds is 3. The van der Waals surface area contributed by atoms with Crippen LogP contribution in [0.25, 0.3) is 0 Å². The summed E-state index contributed by atoms with van der Waals surface area (Å²) in [6, 6.07) is 0. The van der Waals surface area contributed by atoms with Gasteiger partial charge in [0.25, 0.3) is 0 Å². The van der Waals surface area contributed by atoms with E-state index >= 15 is 0 Å². The van der Waals surface area contributed by atoms with Crippen molar-refractivity contribution in [3.63, 3.8) is 0 Å². The Morgan fingerprint density at radius 3 is 2.39 bits per heavy atom. The molecule has 0 aliphatic carbocycles. The zero-order valence-corrected chi connectivity index (χ0v) is 15.7. The molecule has 0 radical (unpaired) electrons. The molecule has 128 valence electrons. The molecule has 1 aromatic heterocycles. The van der Waals surface area contributed by atoms with Gasteiger partial charge in [-0.1, -0.05) is 13.8 Å². The highest BCUT2D eigenvalue weighted by Gasteiger charge is 2.42. The van der Waals surface area contributed by atoms with Crippen molar-refractivity contribution in [3.05, 3.63) is 16.0 Å². The molecule has 0 saturated carbocycles. The molecule has 2 N–H and O–H groups in total. The lowest BCUT2D eigenvalue weighted by Gasteiger charge is -2.42. The minimum Gasteiger partial charge on any atom is -0.465 e. The van der Waals surface area contributed by atoms with Crippen LogP contribution in [0.5, 0.6) is 0 Å². The zero-order chi connectivity index (χ0) is 17.6. The van der Waals surface area contributed by atoms with Crippen LogP contribution in [0.2, 0.25) is 0 Å². The number of nitrogens with one attached hydrogen (secondary N) is 2. The van der Waals surface area contributed by atoms with E-state index in [1.54, 1.807) is 0 Å². The quantitative estimate of drug-likeness (QED) is 0.830. The van der Waals surface area contributed by atoms with E-state index in [9.17, 15) is 9.59 Å². The van der Waals surface area contributed by atoms with Crippen LogP contribution in [0.15, 0.2) is 0 Å². The number of methoxy groups -OCH3 is 1. The van der Waals surface area contributed by atoms with Gasteiger partial charge in [0.2, 0.25) is 5.91 Å². The maximum atomic E-state index is 12.4. The van der Waals surface area contributed by atoms with Crippen molar-refractivity contribution in [1.82, 2.24) is 5.32 Å². The maximum absolute atomic E-state index is 12.4. The molecule has 0 aromatic carbocycles. The number of ether oxygens (including phenoxy) is 1. The van der Waals surface area contributed by atoms with Gasteiger partial charge in [-0.05, 0) is 39.7 Å². The van der Waals surface area contributed by atoms with Crippen molar-refractivity contribution in [1.29, 1.82) is 0 Å². The van der Waals surface area contributed by atoms with E-state index in [0.717, 1.165) is 10.4 Å². The predicted molar refractivity (Wildman–Crippen MR) is 93.1 cm³/mol. The molecular weight excluding hydrogens is 312 g/mol. The van der Waals surface area contributed by atoms with Crippen molar-refractivity contribution in [2.75, 3.05) is 12.4 Å². The summed E-state index contributed by atoms with van der Waals surface area (Å²) in [7, 11) is 1.37. The van der Waals surface area contributed by atoms with Crippen LogP contribution in [0.4, 0.5) is 5.00 Å². The lowest BCUT2D eigenvalue weighted by molar-refractivity contribution is -0.118. The number of esters is 1. The van der Waals surface area contributed by atoms with Crippen LogP contribution >= 0.6 is 11.3 Å². The molecule has 0 fully saturated rings. The molecule has 0 saturated heterocycles. The summed E-state index contributed by atoms with van der Waals surface area (Å²) in [5, 5.41) is 7.10. The fraction of sp³-hybridized carbons (Fsp3) is 0.647. The predicted octanol–water partition coefficient (Wildman–Crippen LogP) is 3.29. The molecule has 2 heterocycles. The first-order valence-electron chi connectivity index (χ1n) is 7.83. The number of hydrogen-bond donors (Lipinski definition) is 2.